The Morgan fingerprint density at radius 2 is 1.67 bits per heavy atom. The van der Waals surface area contributed by atoms with Crippen LogP contribution in [0.15, 0.2) is 54.7 Å². The van der Waals surface area contributed by atoms with Crippen LogP contribution >= 0.6 is 11.3 Å². The van der Waals surface area contributed by atoms with Crippen LogP contribution in [0.3, 0.4) is 0 Å². The van der Waals surface area contributed by atoms with Crippen LogP contribution in [0.4, 0.5) is 24.5 Å². The first-order valence-electron chi connectivity index (χ1n) is 11.2. The molecular weight excluding hydrogens is 555 g/mol. The lowest BCUT2D eigenvalue weighted by Gasteiger charge is -2.11. The van der Waals surface area contributed by atoms with Gasteiger partial charge in [0.05, 0.1) is 30.1 Å². The molecule has 8 nitrogen and oxygen atoms in total. The van der Waals surface area contributed by atoms with E-state index in [1.54, 1.807) is 13.0 Å². The standard InChI is InChI=1S/C26H22F3N3O5S2/c1-14-22(25-23(7-18(29)12-30-25)37-13-15-4-16(27)6-17(28)5-15)11-24(38-14)26(33)31-19-8-20(32-39(3,34)35)10-21(9-19)36-2/h4-12,32H,13H2,1-3H3,(H,31,33). The first-order valence-corrected chi connectivity index (χ1v) is 13.9. The van der Waals surface area contributed by atoms with Crippen molar-refractivity contribution in [3.63, 3.8) is 0 Å². The number of nitrogens with one attached hydrogen (secondary N) is 2. The highest BCUT2D eigenvalue weighted by atomic mass is 32.2. The maximum absolute atomic E-state index is 14.0. The van der Waals surface area contributed by atoms with Gasteiger partial charge >= 0.3 is 0 Å². The molecule has 2 aromatic heterocycles. The summed E-state index contributed by atoms with van der Waals surface area (Å²) in [6, 6.07) is 10.0. The minimum absolute atomic E-state index is 0.0248. The number of pyridine rings is 1. The minimum atomic E-state index is -3.57. The normalized spacial score (nSPS) is 11.2. The van der Waals surface area contributed by atoms with Gasteiger partial charge in [-0.3, -0.25) is 9.52 Å². The number of benzene rings is 2. The highest BCUT2D eigenvalue weighted by Crippen LogP contribution is 2.36. The molecule has 2 heterocycles. The van der Waals surface area contributed by atoms with Crippen LogP contribution in [0, 0.1) is 24.4 Å². The molecule has 0 unspecified atom stereocenters. The van der Waals surface area contributed by atoms with Gasteiger partial charge in [0.25, 0.3) is 5.91 Å². The summed E-state index contributed by atoms with van der Waals surface area (Å²) >= 11 is 1.15. The van der Waals surface area contributed by atoms with E-state index in [0.29, 0.717) is 16.2 Å². The Morgan fingerprint density at radius 1 is 0.974 bits per heavy atom. The SMILES string of the molecule is COc1cc(NC(=O)c2cc(-c3ncc(F)cc3OCc3cc(F)cc(F)c3)c(C)s2)cc(NS(C)(=O)=O)c1. The first kappa shape index (κ1) is 27.9. The summed E-state index contributed by atoms with van der Waals surface area (Å²) < 4.78 is 77.5. The van der Waals surface area contributed by atoms with Gasteiger partial charge < -0.3 is 14.8 Å². The van der Waals surface area contributed by atoms with Crippen LogP contribution < -0.4 is 19.5 Å². The number of anilines is 2. The predicted molar refractivity (Wildman–Crippen MR) is 142 cm³/mol. The second kappa shape index (κ2) is 11.3. The Hall–Kier alpha value is -4.10. The van der Waals surface area contributed by atoms with Crippen molar-refractivity contribution in [2.75, 3.05) is 23.4 Å². The fraction of sp³-hybridized carbons (Fsp3) is 0.154. The van der Waals surface area contributed by atoms with Crippen molar-refractivity contribution in [3.05, 3.63) is 87.5 Å². The highest BCUT2D eigenvalue weighted by molar-refractivity contribution is 7.92. The Labute approximate surface area is 226 Å². The monoisotopic (exact) mass is 577 g/mol. The second-order valence-corrected chi connectivity index (χ2v) is 11.4. The average molecular weight is 578 g/mol. The summed E-state index contributed by atoms with van der Waals surface area (Å²) in [6.45, 7) is 1.50. The second-order valence-electron chi connectivity index (χ2n) is 8.43. The van der Waals surface area contributed by atoms with Crippen molar-refractivity contribution < 1.29 is 35.9 Å². The molecule has 0 saturated carbocycles. The van der Waals surface area contributed by atoms with Crippen LogP contribution in [-0.4, -0.2) is 32.7 Å². The maximum atomic E-state index is 14.0. The minimum Gasteiger partial charge on any atom is -0.497 e. The lowest BCUT2D eigenvalue weighted by atomic mass is 10.1. The van der Waals surface area contributed by atoms with Crippen molar-refractivity contribution in [3.8, 4) is 22.8 Å². The largest absolute Gasteiger partial charge is 0.497 e. The molecule has 2 N–H and O–H groups in total. The number of amides is 1. The third kappa shape index (κ3) is 7.27. The van der Waals surface area contributed by atoms with Gasteiger partial charge in [-0.2, -0.15) is 0 Å². The summed E-state index contributed by atoms with van der Waals surface area (Å²) in [7, 11) is -2.16. The Bertz CT molecular complexity index is 1640. The molecule has 0 bridgehead atoms. The van der Waals surface area contributed by atoms with Crippen LogP contribution in [0.5, 0.6) is 11.5 Å². The molecule has 4 rings (SSSR count). The van der Waals surface area contributed by atoms with E-state index >= 15 is 0 Å². The van der Waals surface area contributed by atoms with Crippen molar-refractivity contribution in [1.82, 2.24) is 4.98 Å². The molecule has 0 aliphatic rings. The van der Waals surface area contributed by atoms with Crippen LogP contribution in [-0.2, 0) is 16.6 Å². The fourth-order valence-corrected chi connectivity index (χ4v) is 5.13. The number of methoxy groups -OCH3 is 1. The zero-order valence-corrected chi connectivity index (χ0v) is 22.5. The summed E-state index contributed by atoms with van der Waals surface area (Å²) in [5.41, 5.74) is 1.42. The number of hydrogen-bond acceptors (Lipinski definition) is 7. The number of aryl methyl sites for hydroxylation is 1. The zero-order valence-electron chi connectivity index (χ0n) is 20.8. The molecule has 2 aromatic carbocycles. The van der Waals surface area contributed by atoms with Crippen molar-refractivity contribution in [2.24, 2.45) is 0 Å². The number of sulfonamides is 1. The predicted octanol–water partition coefficient (Wildman–Crippen LogP) is 5.75. The zero-order chi connectivity index (χ0) is 28.3. The molecule has 0 fully saturated rings. The van der Waals surface area contributed by atoms with E-state index in [2.05, 4.69) is 15.0 Å². The van der Waals surface area contributed by atoms with E-state index in [-0.39, 0.29) is 39.9 Å². The van der Waals surface area contributed by atoms with Gasteiger partial charge in [-0.25, -0.2) is 26.6 Å². The van der Waals surface area contributed by atoms with E-state index < -0.39 is 33.4 Å². The third-order valence-corrected chi connectivity index (χ3v) is 6.89. The summed E-state index contributed by atoms with van der Waals surface area (Å²) in [4.78, 5) is 18.1. The van der Waals surface area contributed by atoms with E-state index in [1.165, 1.54) is 25.3 Å². The summed E-state index contributed by atoms with van der Waals surface area (Å²) in [5, 5.41) is 2.71. The van der Waals surface area contributed by atoms with Crippen LogP contribution in [0.1, 0.15) is 20.1 Å². The van der Waals surface area contributed by atoms with E-state index in [4.69, 9.17) is 9.47 Å². The van der Waals surface area contributed by atoms with Crippen LogP contribution in [0.25, 0.3) is 11.3 Å². The fourth-order valence-electron chi connectivity index (χ4n) is 3.67. The molecular formula is C26H22F3N3O5S2. The smallest absolute Gasteiger partial charge is 0.265 e. The molecule has 4 aromatic rings. The number of hydrogen-bond donors (Lipinski definition) is 2. The summed E-state index contributed by atoms with van der Waals surface area (Å²) in [6.07, 6.45) is 1.99. The van der Waals surface area contributed by atoms with E-state index in [1.807, 2.05) is 0 Å². The average Bonchev–Trinajstić information content (AvgIpc) is 3.22. The number of carbonyl (C=O) groups excluding carboxylic acids is 1. The summed E-state index contributed by atoms with van der Waals surface area (Å²) in [5.74, 6) is -2.37. The van der Waals surface area contributed by atoms with Gasteiger partial charge in [-0.05, 0) is 36.8 Å². The molecule has 0 saturated heterocycles. The molecule has 0 aliphatic carbocycles. The Kier molecular flexibility index (Phi) is 8.11. The van der Waals surface area contributed by atoms with Gasteiger partial charge in [-0.15, -0.1) is 11.3 Å². The molecule has 0 spiro atoms. The van der Waals surface area contributed by atoms with E-state index in [9.17, 15) is 26.4 Å². The Balaban J connectivity index is 1.59. The first-order chi connectivity index (χ1) is 18.4. The highest BCUT2D eigenvalue weighted by Gasteiger charge is 2.19. The molecule has 39 heavy (non-hydrogen) atoms. The van der Waals surface area contributed by atoms with Gasteiger partial charge in [0, 0.05) is 40.4 Å². The quantitative estimate of drug-likeness (QED) is 0.263. The number of nitrogens with zero attached hydrogens (tertiary/aromatic N) is 1. The van der Waals surface area contributed by atoms with Gasteiger partial charge in [0.2, 0.25) is 10.0 Å². The Morgan fingerprint density at radius 3 is 2.33 bits per heavy atom. The number of carbonyl (C=O) groups is 1. The lowest BCUT2D eigenvalue weighted by Crippen LogP contribution is -2.12. The van der Waals surface area contributed by atoms with Crippen molar-refractivity contribution in [2.45, 2.75) is 13.5 Å². The number of rotatable bonds is 9. The lowest BCUT2D eigenvalue weighted by molar-refractivity contribution is 0.103. The number of halogens is 3. The van der Waals surface area contributed by atoms with Gasteiger partial charge in [0.1, 0.15) is 41.3 Å². The van der Waals surface area contributed by atoms with E-state index in [0.717, 1.165) is 48.1 Å². The number of aromatic nitrogens is 1. The molecule has 0 atom stereocenters. The number of ether oxygens (including phenoxy) is 2. The van der Waals surface area contributed by atoms with Crippen LogP contribution in [0.2, 0.25) is 0 Å². The molecule has 204 valence electrons. The van der Waals surface area contributed by atoms with Crippen molar-refractivity contribution in [1.29, 1.82) is 0 Å². The van der Waals surface area contributed by atoms with Crippen molar-refractivity contribution >= 4 is 38.6 Å². The molecule has 0 radical (unpaired) electrons. The topological polar surface area (TPSA) is 107 Å². The number of thiophene rings is 1. The maximum Gasteiger partial charge on any atom is 0.265 e. The molecule has 0 aliphatic heterocycles. The van der Waals surface area contributed by atoms with Gasteiger partial charge in [0.15, 0.2) is 0 Å². The molecule has 1 amide bonds. The third-order valence-electron chi connectivity index (χ3n) is 5.24. The van der Waals surface area contributed by atoms with Gasteiger partial charge in [-0.1, -0.05) is 0 Å². The molecule has 13 heteroatoms.